The molecule has 1 heterocycles. The fourth-order valence-electron chi connectivity index (χ4n) is 4.57. The Labute approximate surface area is 227 Å². The number of benzene rings is 3. The van der Waals surface area contributed by atoms with Gasteiger partial charge in [-0.3, -0.25) is 9.59 Å². The molecule has 0 spiro atoms. The van der Waals surface area contributed by atoms with E-state index in [1.165, 1.54) is 11.8 Å². The van der Waals surface area contributed by atoms with E-state index >= 15 is 0 Å². The highest BCUT2D eigenvalue weighted by Crippen LogP contribution is 2.34. The van der Waals surface area contributed by atoms with Crippen LogP contribution in [0.25, 0.3) is 5.69 Å². The molecule has 1 fully saturated rings. The second kappa shape index (κ2) is 11.3. The van der Waals surface area contributed by atoms with Crippen LogP contribution >= 0.6 is 11.6 Å². The lowest BCUT2D eigenvalue weighted by atomic mass is 10.0. The Bertz CT molecular complexity index is 1490. The number of halogens is 1. The van der Waals surface area contributed by atoms with Crippen LogP contribution in [0, 0.1) is 12.8 Å². The molecule has 5 rings (SSSR count). The molecule has 1 aromatic heterocycles. The number of ketones is 2. The van der Waals surface area contributed by atoms with Crippen LogP contribution in [0.4, 0.5) is 5.82 Å². The summed E-state index contributed by atoms with van der Waals surface area (Å²) in [4.78, 5) is 26.0. The van der Waals surface area contributed by atoms with Gasteiger partial charge in [-0.05, 0) is 79.6 Å². The molecule has 0 atom stereocenters. The van der Waals surface area contributed by atoms with Gasteiger partial charge in [0.05, 0.1) is 17.4 Å². The summed E-state index contributed by atoms with van der Waals surface area (Å²) in [5.41, 5.74) is 11.8. The minimum atomic E-state index is -0.187. The van der Waals surface area contributed by atoms with E-state index in [0.717, 1.165) is 42.0 Å². The van der Waals surface area contributed by atoms with Crippen LogP contribution in [0.2, 0.25) is 5.02 Å². The molecule has 3 aromatic carbocycles. The van der Waals surface area contributed by atoms with Gasteiger partial charge < -0.3 is 11.1 Å². The van der Waals surface area contributed by atoms with Gasteiger partial charge in [-0.25, -0.2) is 4.68 Å². The average molecular weight is 527 g/mol. The Balaban J connectivity index is 1.27. The Morgan fingerprint density at radius 2 is 1.82 bits per heavy atom. The fourth-order valence-corrected chi connectivity index (χ4v) is 4.79. The standard InChI is InChI=1S/C31H31ClN4O2/c1-20-8-11-24(29(37)16-22-9-10-22)17-28(20)36-31(33)27(19-35-36)30(38)25-6-2-5-23(14-25)18-34-13-12-21-4-3-7-26(32)15-21/h2-8,11,14-15,17,19,22,34H,9-10,12-13,16,18,33H2,1H3. The number of aromatic nitrogens is 2. The van der Waals surface area contributed by atoms with E-state index in [-0.39, 0.29) is 17.4 Å². The highest BCUT2D eigenvalue weighted by atomic mass is 35.5. The molecule has 0 bridgehead atoms. The van der Waals surface area contributed by atoms with Crippen LogP contribution in [0.3, 0.4) is 0 Å². The average Bonchev–Trinajstić information content (AvgIpc) is 3.65. The zero-order valence-corrected chi connectivity index (χ0v) is 22.2. The second-order valence-corrected chi connectivity index (χ2v) is 10.4. The summed E-state index contributed by atoms with van der Waals surface area (Å²) in [5.74, 6) is 0.719. The van der Waals surface area contributed by atoms with Gasteiger partial charge in [0.15, 0.2) is 11.6 Å². The number of nitrogens with two attached hydrogens (primary N) is 1. The summed E-state index contributed by atoms with van der Waals surface area (Å²) in [6.07, 6.45) is 5.20. The summed E-state index contributed by atoms with van der Waals surface area (Å²) in [7, 11) is 0. The van der Waals surface area contributed by atoms with Crippen LogP contribution in [0.1, 0.15) is 62.2 Å². The number of nitrogen functional groups attached to an aromatic ring is 1. The number of anilines is 1. The first-order valence-corrected chi connectivity index (χ1v) is 13.3. The van der Waals surface area contributed by atoms with E-state index in [2.05, 4.69) is 16.5 Å². The topological polar surface area (TPSA) is 90.0 Å². The van der Waals surface area contributed by atoms with Crippen molar-refractivity contribution < 1.29 is 9.59 Å². The van der Waals surface area contributed by atoms with Crippen LogP contribution in [-0.2, 0) is 13.0 Å². The van der Waals surface area contributed by atoms with Crippen molar-refractivity contribution >= 4 is 29.0 Å². The molecule has 1 saturated carbocycles. The summed E-state index contributed by atoms with van der Waals surface area (Å²) >= 11 is 6.06. The molecule has 3 N–H and O–H groups in total. The van der Waals surface area contributed by atoms with Crippen molar-refractivity contribution in [2.24, 2.45) is 5.92 Å². The van der Waals surface area contributed by atoms with Crippen LogP contribution < -0.4 is 11.1 Å². The SMILES string of the molecule is Cc1ccc(C(=O)CC2CC2)cc1-n1ncc(C(=O)c2cccc(CNCCc3cccc(Cl)c3)c2)c1N. The Morgan fingerprint density at radius 3 is 2.61 bits per heavy atom. The predicted molar refractivity (Wildman–Crippen MR) is 151 cm³/mol. The van der Waals surface area contributed by atoms with Crippen molar-refractivity contribution in [3.8, 4) is 5.69 Å². The number of carbonyl (C=O) groups is 2. The van der Waals surface area contributed by atoms with E-state index < -0.39 is 0 Å². The van der Waals surface area contributed by atoms with Gasteiger partial charge in [-0.2, -0.15) is 5.10 Å². The van der Waals surface area contributed by atoms with Gasteiger partial charge in [0.25, 0.3) is 0 Å². The Morgan fingerprint density at radius 1 is 1.03 bits per heavy atom. The molecule has 0 radical (unpaired) electrons. The first-order chi connectivity index (χ1) is 18.4. The third kappa shape index (κ3) is 6.04. The minimum Gasteiger partial charge on any atom is -0.383 e. The first kappa shape index (κ1) is 25.9. The predicted octanol–water partition coefficient (Wildman–Crippen LogP) is 5.96. The number of nitrogens with one attached hydrogen (secondary N) is 1. The zero-order chi connectivity index (χ0) is 26.6. The molecule has 0 aliphatic heterocycles. The maximum atomic E-state index is 13.4. The number of aryl methyl sites for hydroxylation is 1. The lowest BCUT2D eigenvalue weighted by Gasteiger charge is -2.11. The molecule has 194 valence electrons. The number of carbonyl (C=O) groups excluding carboxylic acids is 2. The van der Waals surface area contributed by atoms with Crippen molar-refractivity contribution in [2.75, 3.05) is 12.3 Å². The summed E-state index contributed by atoms with van der Waals surface area (Å²) in [5, 5.41) is 8.59. The quantitative estimate of drug-likeness (QED) is 0.186. The number of rotatable bonds is 11. The van der Waals surface area contributed by atoms with Gasteiger partial charge in [-0.1, -0.05) is 54.1 Å². The van der Waals surface area contributed by atoms with Crippen LogP contribution in [0.15, 0.2) is 72.9 Å². The number of hydrogen-bond acceptors (Lipinski definition) is 5. The normalized spacial score (nSPS) is 13.0. The second-order valence-electron chi connectivity index (χ2n) is 10.0. The molecule has 0 saturated heterocycles. The van der Waals surface area contributed by atoms with Gasteiger partial charge in [-0.15, -0.1) is 0 Å². The van der Waals surface area contributed by atoms with Crippen molar-refractivity contribution in [1.82, 2.24) is 15.1 Å². The van der Waals surface area contributed by atoms with Gasteiger partial charge in [0.1, 0.15) is 5.82 Å². The van der Waals surface area contributed by atoms with E-state index in [1.54, 1.807) is 10.7 Å². The summed E-state index contributed by atoms with van der Waals surface area (Å²) in [6.45, 7) is 3.37. The molecule has 6 nitrogen and oxygen atoms in total. The summed E-state index contributed by atoms with van der Waals surface area (Å²) in [6, 6.07) is 21.0. The monoisotopic (exact) mass is 526 g/mol. The highest BCUT2D eigenvalue weighted by Gasteiger charge is 2.25. The molecule has 0 unspecified atom stereocenters. The smallest absolute Gasteiger partial charge is 0.198 e. The van der Waals surface area contributed by atoms with Crippen molar-refractivity contribution in [2.45, 2.75) is 39.2 Å². The fraction of sp³-hybridized carbons (Fsp3) is 0.258. The molecule has 38 heavy (non-hydrogen) atoms. The van der Waals surface area contributed by atoms with Crippen molar-refractivity contribution in [3.05, 3.63) is 111 Å². The van der Waals surface area contributed by atoms with Gasteiger partial charge >= 0.3 is 0 Å². The first-order valence-electron chi connectivity index (χ1n) is 13.0. The van der Waals surface area contributed by atoms with E-state index in [1.807, 2.05) is 61.5 Å². The van der Waals surface area contributed by atoms with Crippen molar-refractivity contribution in [3.63, 3.8) is 0 Å². The third-order valence-corrected chi connectivity index (χ3v) is 7.21. The summed E-state index contributed by atoms with van der Waals surface area (Å²) < 4.78 is 1.55. The molecular weight excluding hydrogens is 496 g/mol. The lowest BCUT2D eigenvalue weighted by molar-refractivity contribution is 0.0975. The van der Waals surface area contributed by atoms with Gasteiger partial charge in [0, 0.05) is 29.1 Å². The van der Waals surface area contributed by atoms with Crippen molar-refractivity contribution in [1.29, 1.82) is 0 Å². The van der Waals surface area contributed by atoms with Crippen LogP contribution in [0.5, 0.6) is 0 Å². The maximum absolute atomic E-state index is 13.4. The van der Waals surface area contributed by atoms with Crippen LogP contribution in [-0.4, -0.2) is 27.9 Å². The molecule has 1 aliphatic rings. The Kier molecular flexibility index (Phi) is 7.72. The molecule has 4 aromatic rings. The molecule has 1 aliphatic carbocycles. The minimum absolute atomic E-state index is 0.133. The molecule has 7 heteroatoms. The zero-order valence-electron chi connectivity index (χ0n) is 21.4. The molecule has 0 amide bonds. The van der Waals surface area contributed by atoms with Gasteiger partial charge in [0.2, 0.25) is 0 Å². The number of nitrogens with zero attached hydrogens (tertiary/aromatic N) is 2. The Hall–Kier alpha value is -3.74. The highest BCUT2D eigenvalue weighted by molar-refractivity contribution is 6.30. The van der Waals surface area contributed by atoms with E-state index in [4.69, 9.17) is 17.3 Å². The maximum Gasteiger partial charge on any atom is 0.198 e. The van der Waals surface area contributed by atoms with E-state index in [9.17, 15) is 9.59 Å². The van der Waals surface area contributed by atoms with E-state index in [0.29, 0.717) is 41.3 Å². The molecular formula is C31H31ClN4O2. The number of hydrogen-bond donors (Lipinski definition) is 2. The third-order valence-electron chi connectivity index (χ3n) is 6.98. The lowest BCUT2D eigenvalue weighted by Crippen LogP contribution is -2.17. The number of Topliss-reactive ketones (excluding diaryl/α,β-unsaturated/α-hetero) is 1. The largest absolute Gasteiger partial charge is 0.383 e.